The molecule has 0 fully saturated rings. The molecule has 0 atom stereocenters. The van der Waals surface area contributed by atoms with E-state index in [1.165, 1.54) is 70.4 Å². The molecule has 0 aromatic carbocycles. The van der Waals surface area contributed by atoms with Crippen LogP contribution >= 0.6 is 7.92 Å². The van der Waals surface area contributed by atoms with Crippen LogP contribution < -0.4 is 12.4 Å². The molecule has 0 heterocycles. The van der Waals surface area contributed by atoms with Gasteiger partial charge < -0.3 is 12.4 Å². The number of hydrogen-bond acceptors (Lipinski definition) is 0. The van der Waals surface area contributed by atoms with Crippen LogP contribution in [0.4, 0.5) is 0 Å². The Hall–Kier alpha value is 0.720. The van der Waals surface area contributed by atoms with Gasteiger partial charge >= 0.3 is 0 Å². The van der Waals surface area contributed by atoms with Gasteiger partial charge in [-0.15, -0.1) is 0 Å². The van der Waals surface area contributed by atoms with Crippen molar-refractivity contribution in [3.8, 4) is 0 Å². The molecule has 16 heavy (non-hydrogen) atoms. The van der Waals surface area contributed by atoms with Gasteiger partial charge in [-0.2, -0.15) is 0 Å². The van der Waals surface area contributed by atoms with Crippen molar-refractivity contribution < 1.29 is 12.4 Å². The second-order valence-corrected chi connectivity index (χ2v) is 8.05. The van der Waals surface area contributed by atoms with Gasteiger partial charge in [0, 0.05) is 13.3 Å². The van der Waals surface area contributed by atoms with Crippen LogP contribution in [0, 0.1) is 0 Å². The summed E-state index contributed by atoms with van der Waals surface area (Å²) in [4.78, 5) is 0. The molecular formula is C14H32ClP. The molecule has 0 aromatic rings. The summed E-state index contributed by atoms with van der Waals surface area (Å²) < 4.78 is 0. The standard InChI is InChI=1S/C14H31P.ClH/c1-4-5-6-7-8-9-10-11-12-13-14-15(2)3;/h4-14H2,1-3H3;1H. The topological polar surface area (TPSA) is 0 Å². The highest BCUT2D eigenvalue weighted by molar-refractivity contribution is 7.55. The molecule has 100 valence electrons. The van der Waals surface area contributed by atoms with Crippen LogP contribution in [0.3, 0.4) is 0 Å². The summed E-state index contributed by atoms with van der Waals surface area (Å²) >= 11 is 0. The monoisotopic (exact) mass is 266 g/mol. The third-order valence-corrected chi connectivity index (χ3v) is 4.38. The van der Waals surface area contributed by atoms with Gasteiger partial charge in [-0.25, -0.2) is 0 Å². The van der Waals surface area contributed by atoms with Gasteiger partial charge in [-0.1, -0.05) is 58.3 Å². The van der Waals surface area contributed by atoms with E-state index in [4.69, 9.17) is 0 Å². The smallest absolute Gasteiger partial charge is 0.0566 e. The van der Waals surface area contributed by atoms with Crippen molar-refractivity contribution in [3.63, 3.8) is 0 Å². The number of unbranched alkanes of at least 4 members (excludes halogenated alkanes) is 9. The summed E-state index contributed by atoms with van der Waals surface area (Å²) in [6.07, 6.45) is 16.2. The second-order valence-electron chi connectivity index (χ2n) is 5.14. The number of rotatable bonds is 11. The van der Waals surface area contributed by atoms with E-state index in [9.17, 15) is 0 Å². The molecule has 0 nitrogen and oxygen atoms in total. The van der Waals surface area contributed by atoms with E-state index in [1.807, 2.05) is 0 Å². The van der Waals surface area contributed by atoms with Gasteiger partial charge in [0.05, 0.1) is 6.16 Å². The van der Waals surface area contributed by atoms with Crippen LogP contribution in [0.2, 0.25) is 0 Å². The van der Waals surface area contributed by atoms with Gasteiger partial charge in [-0.05, 0) is 20.8 Å². The van der Waals surface area contributed by atoms with Gasteiger partial charge in [-0.3, -0.25) is 0 Å². The minimum Gasteiger partial charge on any atom is -1.00 e. The van der Waals surface area contributed by atoms with E-state index < -0.39 is 0 Å². The second kappa shape index (κ2) is 15.7. The van der Waals surface area contributed by atoms with Crippen LogP contribution in [0.1, 0.15) is 71.1 Å². The third-order valence-electron chi connectivity index (χ3n) is 3.03. The fraction of sp³-hybridized carbons (Fsp3) is 1.00. The molecular weight excluding hydrogens is 235 g/mol. The minimum absolute atomic E-state index is 0. The lowest BCUT2D eigenvalue weighted by atomic mass is 10.1. The summed E-state index contributed by atoms with van der Waals surface area (Å²) in [5.41, 5.74) is 0. The summed E-state index contributed by atoms with van der Waals surface area (Å²) in [6.45, 7) is 7.15. The van der Waals surface area contributed by atoms with E-state index >= 15 is 0 Å². The van der Waals surface area contributed by atoms with E-state index in [1.54, 1.807) is 0 Å². The summed E-state index contributed by atoms with van der Waals surface area (Å²) in [5.74, 6) is 0. The maximum Gasteiger partial charge on any atom is 0.0566 e. The van der Waals surface area contributed by atoms with Crippen molar-refractivity contribution >= 4 is 7.92 Å². The van der Waals surface area contributed by atoms with Crippen molar-refractivity contribution in [1.29, 1.82) is 0 Å². The first kappa shape index (κ1) is 19.1. The maximum absolute atomic E-state index is 2.43. The molecule has 0 spiro atoms. The number of halogens is 1. The Morgan fingerprint density at radius 1 is 0.625 bits per heavy atom. The molecule has 0 aromatic heterocycles. The fourth-order valence-electron chi connectivity index (χ4n) is 1.97. The predicted octanol–water partition coefficient (Wildman–Crippen LogP) is 2.39. The molecule has 0 aliphatic carbocycles. The average Bonchev–Trinajstić information content (AvgIpc) is 2.20. The van der Waals surface area contributed by atoms with E-state index in [0.29, 0.717) is 0 Å². The molecule has 0 aliphatic heterocycles. The Balaban J connectivity index is 0. The van der Waals surface area contributed by atoms with Crippen molar-refractivity contribution in [2.45, 2.75) is 71.1 Å². The normalized spacial score (nSPS) is 10.5. The highest BCUT2D eigenvalue weighted by atomic mass is 35.5. The van der Waals surface area contributed by atoms with Gasteiger partial charge in [0.25, 0.3) is 0 Å². The van der Waals surface area contributed by atoms with Gasteiger partial charge in [0.15, 0.2) is 0 Å². The highest BCUT2D eigenvalue weighted by Crippen LogP contribution is 2.26. The minimum atomic E-state index is 0. The number of hydrogen-bond donors (Lipinski definition) is 0. The molecule has 0 radical (unpaired) electrons. The Labute approximate surface area is 111 Å². The lowest BCUT2D eigenvalue weighted by Crippen LogP contribution is -3.00. The first-order chi connectivity index (χ1) is 7.27. The zero-order chi connectivity index (χ0) is 11.4. The quantitative estimate of drug-likeness (QED) is 0.398. The zero-order valence-corrected chi connectivity index (χ0v) is 13.4. The maximum atomic E-state index is 2.43. The SMILES string of the molecule is CCCCCCCCCCCC[PH+](C)C.[Cl-]. The van der Waals surface area contributed by atoms with E-state index in [0.717, 1.165) is 0 Å². The van der Waals surface area contributed by atoms with Gasteiger partial charge in [0.1, 0.15) is 0 Å². The van der Waals surface area contributed by atoms with E-state index in [2.05, 4.69) is 20.3 Å². The molecule has 0 bridgehead atoms. The van der Waals surface area contributed by atoms with Crippen LogP contribution in [0.5, 0.6) is 0 Å². The molecule has 0 amide bonds. The van der Waals surface area contributed by atoms with Crippen LogP contribution in [-0.2, 0) is 0 Å². The summed E-state index contributed by atoms with van der Waals surface area (Å²) in [5, 5.41) is 0. The first-order valence-electron chi connectivity index (χ1n) is 7.06. The Kier molecular flexibility index (Phi) is 18.7. The predicted molar refractivity (Wildman–Crippen MR) is 76.9 cm³/mol. The van der Waals surface area contributed by atoms with Crippen LogP contribution in [-0.4, -0.2) is 19.5 Å². The van der Waals surface area contributed by atoms with Crippen LogP contribution in [0.15, 0.2) is 0 Å². The molecule has 0 saturated heterocycles. The largest absolute Gasteiger partial charge is 1.00 e. The first-order valence-corrected chi connectivity index (χ1v) is 9.77. The van der Waals surface area contributed by atoms with Crippen LogP contribution in [0.25, 0.3) is 0 Å². The molecule has 0 unspecified atom stereocenters. The summed E-state index contributed by atoms with van der Waals surface area (Å²) in [7, 11) is 0.0582. The van der Waals surface area contributed by atoms with Crippen molar-refractivity contribution in [3.05, 3.63) is 0 Å². The van der Waals surface area contributed by atoms with Crippen molar-refractivity contribution in [1.82, 2.24) is 0 Å². The zero-order valence-electron chi connectivity index (χ0n) is 11.7. The highest BCUT2D eigenvalue weighted by Gasteiger charge is 1.98. The Morgan fingerprint density at radius 3 is 1.38 bits per heavy atom. The van der Waals surface area contributed by atoms with Crippen molar-refractivity contribution in [2.24, 2.45) is 0 Å². The molecule has 0 aliphatic rings. The lowest BCUT2D eigenvalue weighted by Gasteiger charge is -2.02. The molecule has 0 saturated carbocycles. The average molecular weight is 267 g/mol. The Bertz CT molecular complexity index is 115. The summed E-state index contributed by atoms with van der Waals surface area (Å²) in [6, 6.07) is 0. The molecule has 2 heteroatoms. The molecule has 0 N–H and O–H groups in total. The molecule has 0 rings (SSSR count). The van der Waals surface area contributed by atoms with E-state index in [-0.39, 0.29) is 20.3 Å². The van der Waals surface area contributed by atoms with Crippen molar-refractivity contribution in [2.75, 3.05) is 19.5 Å². The van der Waals surface area contributed by atoms with Gasteiger partial charge in [0.2, 0.25) is 0 Å². The fourth-order valence-corrected chi connectivity index (χ4v) is 2.92. The Morgan fingerprint density at radius 2 is 1.00 bits per heavy atom. The lowest BCUT2D eigenvalue weighted by molar-refractivity contribution is -0.00000350. The third kappa shape index (κ3) is 17.1.